The topological polar surface area (TPSA) is 70.2 Å². The minimum Gasteiger partial charge on any atom is -0.340 e. The molecule has 150 valence electrons. The molecule has 0 aliphatic rings. The summed E-state index contributed by atoms with van der Waals surface area (Å²) in [5.74, 6) is -3.66. The summed E-state index contributed by atoms with van der Waals surface area (Å²) in [6.07, 6.45) is 0. The molecule has 0 saturated carbocycles. The van der Waals surface area contributed by atoms with Crippen molar-refractivity contribution in [2.24, 2.45) is 5.92 Å². The standard InChI is InChI=1S/C21H25F2N3O2/c1-4-24-12-14-7-5-8-15(11-14)25-21(28)19(13(2)3)26-20(27)18-16(22)9-6-10-17(18)23/h5-11,13,19,24H,4,12H2,1-3H3,(H,25,28)(H,26,27). The monoisotopic (exact) mass is 389 g/mol. The third kappa shape index (κ3) is 5.60. The molecule has 0 radical (unpaired) electrons. The zero-order chi connectivity index (χ0) is 20.7. The van der Waals surface area contributed by atoms with Gasteiger partial charge in [-0.15, -0.1) is 0 Å². The van der Waals surface area contributed by atoms with E-state index in [1.165, 1.54) is 6.07 Å². The molecule has 2 amide bonds. The fourth-order valence-corrected chi connectivity index (χ4v) is 2.71. The van der Waals surface area contributed by atoms with Gasteiger partial charge in [-0.05, 0) is 42.3 Å². The van der Waals surface area contributed by atoms with Gasteiger partial charge in [0, 0.05) is 12.2 Å². The number of carbonyl (C=O) groups is 2. The Morgan fingerprint density at radius 2 is 1.68 bits per heavy atom. The maximum atomic E-state index is 13.8. The fraction of sp³-hybridized carbons (Fsp3) is 0.333. The van der Waals surface area contributed by atoms with E-state index in [2.05, 4.69) is 16.0 Å². The summed E-state index contributed by atoms with van der Waals surface area (Å²) >= 11 is 0. The lowest BCUT2D eigenvalue weighted by molar-refractivity contribution is -0.118. The number of benzene rings is 2. The second-order valence-corrected chi connectivity index (χ2v) is 6.76. The minimum absolute atomic E-state index is 0.288. The number of halogens is 2. The van der Waals surface area contributed by atoms with E-state index < -0.39 is 35.1 Å². The first-order valence-corrected chi connectivity index (χ1v) is 9.18. The van der Waals surface area contributed by atoms with E-state index in [0.29, 0.717) is 12.2 Å². The third-order valence-corrected chi connectivity index (χ3v) is 4.20. The van der Waals surface area contributed by atoms with Gasteiger partial charge in [-0.1, -0.05) is 39.0 Å². The van der Waals surface area contributed by atoms with E-state index in [4.69, 9.17) is 0 Å². The molecule has 0 aromatic heterocycles. The molecule has 0 spiro atoms. The van der Waals surface area contributed by atoms with E-state index >= 15 is 0 Å². The van der Waals surface area contributed by atoms with Crippen LogP contribution in [0.3, 0.4) is 0 Å². The summed E-state index contributed by atoms with van der Waals surface area (Å²) in [4.78, 5) is 25.0. The first kappa shape index (κ1) is 21.5. The summed E-state index contributed by atoms with van der Waals surface area (Å²) in [7, 11) is 0. The van der Waals surface area contributed by atoms with Gasteiger partial charge >= 0.3 is 0 Å². The van der Waals surface area contributed by atoms with Crippen molar-refractivity contribution in [1.29, 1.82) is 0 Å². The van der Waals surface area contributed by atoms with Gasteiger partial charge in [0.15, 0.2) is 0 Å². The second kappa shape index (κ2) is 9.94. The van der Waals surface area contributed by atoms with Gasteiger partial charge in [0.2, 0.25) is 5.91 Å². The summed E-state index contributed by atoms with van der Waals surface area (Å²) < 4.78 is 27.7. The highest BCUT2D eigenvalue weighted by molar-refractivity contribution is 6.01. The van der Waals surface area contributed by atoms with Crippen molar-refractivity contribution in [1.82, 2.24) is 10.6 Å². The lowest BCUT2D eigenvalue weighted by atomic mass is 10.0. The van der Waals surface area contributed by atoms with E-state index in [0.717, 1.165) is 24.2 Å². The average Bonchev–Trinajstić information content (AvgIpc) is 2.64. The molecule has 0 aliphatic carbocycles. The quantitative estimate of drug-likeness (QED) is 0.648. The Bertz CT molecular complexity index is 820. The maximum absolute atomic E-state index is 13.8. The highest BCUT2D eigenvalue weighted by Gasteiger charge is 2.27. The van der Waals surface area contributed by atoms with E-state index in [-0.39, 0.29) is 5.92 Å². The minimum atomic E-state index is -0.975. The Balaban J connectivity index is 2.13. The third-order valence-electron chi connectivity index (χ3n) is 4.20. The van der Waals surface area contributed by atoms with Gasteiger partial charge in [-0.2, -0.15) is 0 Å². The largest absolute Gasteiger partial charge is 0.340 e. The number of amides is 2. The SMILES string of the molecule is CCNCc1cccc(NC(=O)C(NC(=O)c2c(F)cccc2F)C(C)C)c1. The van der Waals surface area contributed by atoms with Crippen molar-refractivity contribution < 1.29 is 18.4 Å². The Morgan fingerprint density at radius 3 is 2.29 bits per heavy atom. The van der Waals surface area contributed by atoms with Gasteiger partial charge in [0.1, 0.15) is 23.2 Å². The van der Waals surface area contributed by atoms with Crippen molar-refractivity contribution >= 4 is 17.5 Å². The first-order valence-electron chi connectivity index (χ1n) is 9.18. The summed E-state index contributed by atoms with van der Waals surface area (Å²) in [5, 5.41) is 8.40. The zero-order valence-electron chi connectivity index (χ0n) is 16.2. The maximum Gasteiger partial charge on any atom is 0.257 e. The molecule has 2 aromatic carbocycles. The molecule has 2 rings (SSSR count). The van der Waals surface area contributed by atoms with Crippen LogP contribution in [0.5, 0.6) is 0 Å². The molecule has 0 aliphatic heterocycles. The molecule has 28 heavy (non-hydrogen) atoms. The number of rotatable bonds is 8. The van der Waals surface area contributed by atoms with Crippen LogP contribution in [0.1, 0.15) is 36.7 Å². The molecular formula is C21H25F2N3O2. The molecule has 0 fully saturated rings. The Labute approximate surface area is 163 Å². The molecule has 1 unspecified atom stereocenters. The second-order valence-electron chi connectivity index (χ2n) is 6.76. The number of nitrogens with one attached hydrogen (secondary N) is 3. The Hall–Kier alpha value is -2.80. The molecule has 0 heterocycles. The lowest BCUT2D eigenvalue weighted by Crippen LogP contribution is -2.47. The van der Waals surface area contributed by atoms with Crippen LogP contribution < -0.4 is 16.0 Å². The molecule has 5 nitrogen and oxygen atoms in total. The zero-order valence-corrected chi connectivity index (χ0v) is 16.2. The number of carbonyl (C=O) groups excluding carboxylic acids is 2. The van der Waals surface area contributed by atoms with Crippen molar-refractivity contribution in [2.45, 2.75) is 33.4 Å². The van der Waals surface area contributed by atoms with E-state index in [1.807, 2.05) is 25.1 Å². The van der Waals surface area contributed by atoms with Crippen LogP contribution in [-0.4, -0.2) is 24.4 Å². The highest BCUT2D eigenvalue weighted by Crippen LogP contribution is 2.15. The molecule has 3 N–H and O–H groups in total. The highest BCUT2D eigenvalue weighted by atomic mass is 19.1. The van der Waals surface area contributed by atoms with Crippen molar-refractivity contribution in [3.63, 3.8) is 0 Å². The van der Waals surface area contributed by atoms with Crippen molar-refractivity contribution in [3.8, 4) is 0 Å². The predicted octanol–water partition coefficient (Wildman–Crippen LogP) is 3.47. The molecule has 0 saturated heterocycles. The summed E-state index contributed by atoms with van der Waals surface area (Å²) in [6.45, 7) is 6.97. The van der Waals surface area contributed by atoms with Crippen LogP contribution in [-0.2, 0) is 11.3 Å². The van der Waals surface area contributed by atoms with Crippen LogP contribution in [0, 0.1) is 17.6 Å². The van der Waals surface area contributed by atoms with E-state index in [1.54, 1.807) is 19.9 Å². The summed E-state index contributed by atoms with van der Waals surface area (Å²) in [6, 6.07) is 9.54. The fourth-order valence-electron chi connectivity index (χ4n) is 2.71. The average molecular weight is 389 g/mol. The first-order chi connectivity index (χ1) is 13.3. The van der Waals surface area contributed by atoms with Crippen LogP contribution in [0.2, 0.25) is 0 Å². The van der Waals surface area contributed by atoms with Crippen LogP contribution in [0.15, 0.2) is 42.5 Å². The van der Waals surface area contributed by atoms with Crippen LogP contribution in [0.4, 0.5) is 14.5 Å². The Kier molecular flexibility index (Phi) is 7.63. The van der Waals surface area contributed by atoms with Gasteiger partial charge in [-0.3, -0.25) is 9.59 Å². The predicted molar refractivity (Wildman–Crippen MR) is 105 cm³/mol. The van der Waals surface area contributed by atoms with Crippen molar-refractivity contribution in [3.05, 3.63) is 65.2 Å². The molecule has 0 bridgehead atoms. The normalized spacial score (nSPS) is 11.9. The number of hydrogen-bond acceptors (Lipinski definition) is 3. The van der Waals surface area contributed by atoms with Gasteiger partial charge < -0.3 is 16.0 Å². The van der Waals surface area contributed by atoms with Gasteiger partial charge in [0.05, 0.1) is 0 Å². The number of anilines is 1. The summed E-state index contributed by atoms with van der Waals surface area (Å²) in [5.41, 5.74) is 0.879. The number of hydrogen-bond donors (Lipinski definition) is 3. The lowest BCUT2D eigenvalue weighted by Gasteiger charge is -2.22. The molecule has 7 heteroatoms. The Morgan fingerprint density at radius 1 is 1.04 bits per heavy atom. The molecule has 1 atom stereocenters. The molecule has 2 aromatic rings. The van der Waals surface area contributed by atoms with Gasteiger partial charge in [-0.25, -0.2) is 8.78 Å². The van der Waals surface area contributed by atoms with Crippen molar-refractivity contribution in [2.75, 3.05) is 11.9 Å². The van der Waals surface area contributed by atoms with Crippen LogP contribution >= 0.6 is 0 Å². The van der Waals surface area contributed by atoms with Crippen LogP contribution in [0.25, 0.3) is 0 Å². The smallest absolute Gasteiger partial charge is 0.257 e. The van der Waals surface area contributed by atoms with Gasteiger partial charge in [0.25, 0.3) is 5.91 Å². The van der Waals surface area contributed by atoms with E-state index in [9.17, 15) is 18.4 Å². The molecular weight excluding hydrogens is 364 g/mol.